The second kappa shape index (κ2) is 8.20. The first-order valence-electron chi connectivity index (χ1n) is 5.39. The molecule has 0 saturated heterocycles. The molecule has 0 aliphatic heterocycles. The third kappa shape index (κ3) is 5.79. The molecule has 1 aromatic rings. The van der Waals surface area contributed by atoms with E-state index in [4.69, 9.17) is 14.0 Å². The summed E-state index contributed by atoms with van der Waals surface area (Å²) in [7, 11) is 1.66. The quantitative estimate of drug-likeness (QED) is 0.609. The monoisotopic (exact) mass is 229 g/mol. The van der Waals surface area contributed by atoms with Crippen molar-refractivity contribution in [2.75, 3.05) is 40.0 Å². The van der Waals surface area contributed by atoms with E-state index in [0.29, 0.717) is 25.7 Å². The first-order valence-corrected chi connectivity index (χ1v) is 5.39. The molecule has 1 heterocycles. The zero-order chi connectivity index (χ0) is 11.6. The molecule has 0 fully saturated rings. The van der Waals surface area contributed by atoms with Crippen molar-refractivity contribution in [2.45, 2.75) is 13.3 Å². The lowest BCUT2D eigenvalue weighted by atomic mass is 10.4. The fourth-order valence-corrected chi connectivity index (χ4v) is 1.16. The van der Waals surface area contributed by atoms with Crippen molar-refractivity contribution in [3.8, 4) is 0 Å². The third-order valence-corrected chi connectivity index (χ3v) is 1.95. The van der Waals surface area contributed by atoms with E-state index in [9.17, 15) is 0 Å². The molecule has 16 heavy (non-hydrogen) atoms. The zero-order valence-corrected chi connectivity index (χ0v) is 9.86. The highest BCUT2D eigenvalue weighted by Crippen LogP contribution is 1.94. The lowest BCUT2D eigenvalue weighted by Gasteiger charge is -2.04. The van der Waals surface area contributed by atoms with Gasteiger partial charge in [-0.15, -0.1) is 0 Å². The van der Waals surface area contributed by atoms with Crippen LogP contribution in [0.15, 0.2) is 4.52 Å². The molecule has 6 nitrogen and oxygen atoms in total. The second-order valence-corrected chi connectivity index (χ2v) is 3.33. The van der Waals surface area contributed by atoms with Crippen molar-refractivity contribution < 1.29 is 14.0 Å². The van der Waals surface area contributed by atoms with Crippen LogP contribution < -0.4 is 5.32 Å². The molecule has 6 heteroatoms. The largest absolute Gasteiger partial charge is 0.382 e. The van der Waals surface area contributed by atoms with Gasteiger partial charge in [0.1, 0.15) is 0 Å². The average Bonchev–Trinajstić information content (AvgIpc) is 2.68. The molecule has 0 aromatic carbocycles. The van der Waals surface area contributed by atoms with Gasteiger partial charge < -0.3 is 19.3 Å². The summed E-state index contributed by atoms with van der Waals surface area (Å²) in [6.45, 7) is 5.40. The van der Waals surface area contributed by atoms with Gasteiger partial charge in [0, 0.05) is 33.5 Å². The lowest BCUT2D eigenvalue weighted by molar-refractivity contribution is 0.0721. The summed E-state index contributed by atoms with van der Waals surface area (Å²) >= 11 is 0. The zero-order valence-electron chi connectivity index (χ0n) is 9.86. The molecular weight excluding hydrogens is 210 g/mol. The van der Waals surface area contributed by atoms with Gasteiger partial charge in [0.15, 0.2) is 5.82 Å². The van der Waals surface area contributed by atoms with Gasteiger partial charge in [-0.05, 0) is 0 Å². The van der Waals surface area contributed by atoms with Crippen LogP contribution in [-0.4, -0.2) is 50.2 Å². The van der Waals surface area contributed by atoms with Gasteiger partial charge in [0.05, 0.1) is 19.8 Å². The minimum atomic E-state index is 0.609. The number of nitrogens with one attached hydrogen (secondary N) is 1. The summed E-state index contributed by atoms with van der Waals surface area (Å²) in [6, 6.07) is 0. The first-order chi connectivity index (χ1) is 7.83. The maximum atomic E-state index is 5.29. The Balaban J connectivity index is 1.88. The average molecular weight is 229 g/mol. The fourth-order valence-electron chi connectivity index (χ4n) is 1.16. The molecule has 0 saturated carbocycles. The molecule has 0 bridgehead atoms. The number of methoxy groups -OCH3 is 1. The second-order valence-electron chi connectivity index (χ2n) is 3.33. The number of aromatic nitrogens is 2. The topological polar surface area (TPSA) is 69.4 Å². The van der Waals surface area contributed by atoms with E-state index in [1.54, 1.807) is 14.0 Å². The van der Waals surface area contributed by atoms with Crippen molar-refractivity contribution in [3.05, 3.63) is 11.7 Å². The van der Waals surface area contributed by atoms with Crippen LogP contribution in [0.1, 0.15) is 11.7 Å². The fraction of sp³-hybridized carbons (Fsp3) is 0.800. The van der Waals surface area contributed by atoms with E-state index >= 15 is 0 Å². The first kappa shape index (κ1) is 13.1. The van der Waals surface area contributed by atoms with Crippen LogP contribution in [0, 0.1) is 6.92 Å². The van der Waals surface area contributed by atoms with E-state index in [0.717, 1.165) is 25.3 Å². The molecule has 0 atom stereocenters. The Labute approximate surface area is 95.3 Å². The molecule has 0 spiro atoms. The van der Waals surface area contributed by atoms with E-state index < -0.39 is 0 Å². The number of aryl methyl sites for hydroxylation is 1. The summed E-state index contributed by atoms with van der Waals surface area (Å²) in [5, 5.41) is 7.03. The van der Waals surface area contributed by atoms with Crippen LogP contribution in [0.3, 0.4) is 0 Å². The van der Waals surface area contributed by atoms with E-state index in [-0.39, 0.29) is 0 Å². The van der Waals surface area contributed by atoms with Crippen molar-refractivity contribution >= 4 is 0 Å². The van der Waals surface area contributed by atoms with Crippen LogP contribution in [-0.2, 0) is 15.9 Å². The van der Waals surface area contributed by atoms with E-state index in [1.807, 2.05) is 0 Å². The van der Waals surface area contributed by atoms with Gasteiger partial charge in [-0.2, -0.15) is 4.98 Å². The smallest absolute Gasteiger partial charge is 0.223 e. The van der Waals surface area contributed by atoms with Crippen LogP contribution >= 0.6 is 0 Å². The molecule has 92 valence electrons. The van der Waals surface area contributed by atoms with Crippen molar-refractivity contribution in [1.82, 2.24) is 15.5 Å². The maximum absolute atomic E-state index is 5.29. The highest BCUT2D eigenvalue weighted by Gasteiger charge is 2.00. The SMILES string of the molecule is COCCOCCNCCc1noc(C)n1. The van der Waals surface area contributed by atoms with Crippen LogP contribution in [0.5, 0.6) is 0 Å². The Morgan fingerprint density at radius 2 is 2.12 bits per heavy atom. The number of rotatable bonds is 9. The van der Waals surface area contributed by atoms with Crippen LogP contribution in [0.2, 0.25) is 0 Å². The lowest BCUT2D eigenvalue weighted by Crippen LogP contribution is -2.23. The molecule has 0 amide bonds. The maximum Gasteiger partial charge on any atom is 0.223 e. The Bertz CT molecular complexity index is 278. The minimum Gasteiger partial charge on any atom is -0.382 e. The molecule has 0 aliphatic carbocycles. The number of hydrogen-bond acceptors (Lipinski definition) is 6. The Morgan fingerprint density at radius 3 is 2.81 bits per heavy atom. The highest BCUT2D eigenvalue weighted by atomic mass is 16.5. The van der Waals surface area contributed by atoms with E-state index in [1.165, 1.54) is 0 Å². The van der Waals surface area contributed by atoms with Gasteiger partial charge in [0.25, 0.3) is 0 Å². The molecule has 0 aliphatic rings. The molecule has 1 aromatic heterocycles. The van der Waals surface area contributed by atoms with Crippen molar-refractivity contribution in [1.29, 1.82) is 0 Å². The van der Waals surface area contributed by atoms with Crippen LogP contribution in [0.25, 0.3) is 0 Å². The summed E-state index contributed by atoms with van der Waals surface area (Å²) in [5.74, 6) is 1.35. The Kier molecular flexibility index (Phi) is 6.71. The molecular formula is C10H19N3O3. The molecule has 1 N–H and O–H groups in total. The predicted molar refractivity (Wildman–Crippen MR) is 58.3 cm³/mol. The molecule has 1 rings (SSSR count). The minimum absolute atomic E-state index is 0.609. The summed E-state index contributed by atoms with van der Waals surface area (Å²) < 4.78 is 15.0. The van der Waals surface area contributed by atoms with E-state index in [2.05, 4.69) is 15.5 Å². The molecule has 0 radical (unpaired) electrons. The van der Waals surface area contributed by atoms with Crippen molar-refractivity contribution in [2.24, 2.45) is 0 Å². The standard InChI is InChI=1S/C10H19N3O3/c1-9-12-10(13-16-9)3-4-11-5-6-15-8-7-14-2/h11H,3-8H2,1-2H3. The number of nitrogens with zero attached hydrogens (tertiary/aromatic N) is 2. The summed E-state index contributed by atoms with van der Waals surface area (Å²) in [6.07, 6.45) is 0.773. The Hall–Kier alpha value is -0.980. The number of ether oxygens (including phenoxy) is 2. The number of hydrogen-bond donors (Lipinski definition) is 1. The summed E-state index contributed by atoms with van der Waals surface area (Å²) in [5.41, 5.74) is 0. The van der Waals surface area contributed by atoms with Gasteiger partial charge in [-0.1, -0.05) is 5.16 Å². The normalized spacial score (nSPS) is 10.9. The van der Waals surface area contributed by atoms with Gasteiger partial charge in [-0.25, -0.2) is 0 Å². The molecule has 0 unspecified atom stereocenters. The third-order valence-electron chi connectivity index (χ3n) is 1.95. The highest BCUT2D eigenvalue weighted by molar-refractivity contribution is 4.84. The van der Waals surface area contributed by atoms with Gasteiger partial charge >= 0.3 is 0 Å². The Morgan fingerprint density at radius 1 is 1.25 bits per heavy atom. The van der Waals surface area contributed by atoms with Gasteiger partial charge in [-0.3, -0.25) is 0 Å². The van der Waals surface area contributed by atoms with Gasteiger partial charge in [0.2, 0.25) is 5.89 Å². The summed E-state index contributed by atoms with van der Waals surface area (Å²) in [4.78, 5) is 4.10. The van der Waals surface area contributed by atoms with Crippen molar-refractivity contribution in [3.63, 3.8) is 0 Å². The predicted octanol–water partition coefficient (Wildman–Crippen LogP) is 0.173. The van der Waals surface area contributed by atoms with Crippen LogP contribution in [0.4, 0.5) is 0 Å².